The highest BCUT2D eigenvalue weighted by atomic mass is 32.1. The molecule has 0 bridgehead atoms. The Morgan fingerprint density at radius 1 is 1.03 bits per heavy atom. The first kappa shape index (κ1) is 25.4. The number of aromatic nitrogens is 1. The largest absolute Gasteiger partial charge is 0.481 e. The minimum atomic E-state index is -0.901. The third-order valence-corrected chi connectivity index (χ3v) is 6.76. The molecule has 1 aromatic heterocycles. The van der Waals surface area contributed by atoms with E-state index in [0.717, 1.165) is 28.2 Å². The molecular formula is C27H29N3O5S. The van der Waals surface area contributed by atoms with Crippen molar-refractivity contribution >= 4 is 30.3 Å². The second-order valence-electron chi connectivity index (χ2n) is 8.74. The number of amides is 1. The van der Waals surface area contributed by atoms with E-state index < -0.39 is 11.9 Å². The number of carboxylic acids is 1. The van der Waals surface area contributed by atoms with Crippen LogP contribution in [0.1, 0.15) is 33.5 Å². The van der Waals surface area contributed by atoms with E-state index >= 15 is 0 Å². The number of carbonyl (C=O) groups is 2. The predicted octanol–water partition coefficient (Wildman–Crippen LogP) is 3.54. The lowest BCUT2D eigenvalue weighted by Gasteiger charge is -2.19. The lowest BCUT2D eigenvalue weighted by Crippen LogP contribution is -2.27. The lowest BCUT2D eigenvalue weighted by atomic mass is 9.93. The molecule has 9 heteroatoms. The average molecular weight is 508 g/mol. The number of nitrogen functional groups attached to an aromatic ring is 1. The van der Waals surface area contributed by atoms with Gasteiger partial charge in [0.2, 0.25) is 6.79 Å². The van der Waals surface area contributed by atoms with Gasteiger partial charge in [-0.3, -0.25) is 9.59 Å². The Morgan fingerprint density at radius 2 is 1.81 bits per heavy atom. The molecule has 2 unspecified atom stereocenters. The van der Waals surface area contributed by atoms with Crippen molar-refractivity contribution < 1.29 is 24.2 Å². The molecule has 2 heterocycles. The highest BCUT2D eigenvalue weighted by Crippen LogP contribution is 2.32. The van der Waals surface area contributed by atoms with Gasteiger partial charge in [0.1, 0.15) is 5.82 Å². The number of thiol groups is 1. The van der Waals surface area contributed by atoms with Crippen LogP contribution in [-0.2, 0) is 24.1 Å². The van der Waals surface area contributed by atoms with Gasteiger partial charge in [-0.2, -0.15) is 12.6 Å². The van der Waals surface area contributed by atoms with E-state index in [1.54, 1.807) is 24.4 Å². The van der Waals surface area contributed by atoms with E-state index in [0.29, 0.717) is 43.6 Å². The minimum Gasteiger partial charge on any atom is -0.481 e. The number of nitrogens with two attached hydrogens (primary N) is 1. The Balaban J connectivity index is 1.28. The van der Waals surface area contributed by atoms with Crippen LogP contribution in [0.3, 0.4) is 0 Å². The molecule has 0 spiro atoms. The molecule has 3 aromatic rings. The van der Waals surface area contributed by atoms with E-state index in [1.807, 2.05) is 36.4 Å². The van der Waals surface area contributed by atoms with Crippen LogP contribution in [0.5, 0.6) is 11.5 Å². The fourth-order valence-corrected chi connectivity index (χ4v) is 4.46. The molecule has 2 aromatic carbocycles. The Bertz CT molecular complexity index is 1220. The number of hydrogen-bond donors (Lipinski definition) is 4. The minimum absolute atomic E-state index is 0.153. The van der Waals surface area contributed by atoms with E-state index in [1.165, 1.54) is 0 Å². The van der Waals surface area contributed by atoms with Crippen LogP contribution < -0.4 is 20.5 Å². The maximum Gasteiger partial charge on any atom is 0.307 e. The van der Waals surface area contributed by atoms with Gasteiger partial charge in [-0.1, -0.05) is 24.3 Å². The molecule has 1 aliphatic rings. The highest BCUT2D eigenvalue weighted by molar-refractivity contribution is 7.81. The number of ether oxygens (including phenoxy) is 2. The first-order chi connectivity index (χ1) is 17.4. The van der Waals surface area contributed by atoms with Gasteiger partial charge in [0.05, 0.1) is 5.92 Å². The number of nitrogens with zero attached hydrogens (tertiary/aromatic N) is 1. The SMILES string of the molecule is Nc1ccc(CC(C(=O)O)C(S)CCc2cccc(C(=O)NCCc3ccc4c(c3)OCO4)c2)cn1. The summed E-state index contributed by atoms with van der Waals surface area (Å²) < 4.78 is 10.7. The second kappa shape index (κ2) is 11.8. The number of carbonyl (C=O) groups excluding carboxylic acids is 1. The topological polar surface area (TPSA) is 124 Å². The number of hydrogen-bond acceptors (Lipinski definition) is 7. The fraction of sp³-hybridized carbons (Fsp3) is 0.296. The molecule has 1 amide bonds. The average Bonchev–Trinajstić information content (AvgIpc) is 3.35. The zero-order valence-electron chi connectivity index (χ0n) is 19.7. The van der Waals surface area contributed by atoms with Crippen molar-refractivity contribution in [3.8, 4) is 11.5 Å². The number of benzene rings is 2. The second-order valence-corrected chi connectivity index (χ2v) is 9.40. The Kier molecular flexibility index (Phi) is 8.32. The lowest BCUT2D eigenvalue weighted by molar-refractivity contribution is -0.141. The van der Waals surface area contributed by atoms with Gasteiger partial charge in [-0.05, 0) is 72.7 Å². The zero-order chi connectivity index (χ0) is 25.5. The smallest absolute Gasteiger partial charge is 0.307 e. The fourth-order valence-electron chi connectivity index (χ4n) is 4.10. The summed E-state index contributed by atoms with van der Waals surface area (Å²) in [5.74, 6) is 0.136. The van der Waals surface area contributed by atoms with Crippen LogP contribution >= 0.6 is 12.6 Å². The van der Waals surface area contributed by atoms with E-state index in [4.69, 9.17) is 15.2 Å². The molecule has 0 fully saturated rings. The molecule has 36 heavy (non-hydrogen) atoms. The standard InChI is InChI=1S/C27H29N3O5S/c28-25-9-6-19(15-30-25)13-21(27(32)33)24(36)8-5-17-2-1-3-20(12-17)26(31)29-11-10-18-4-7-22-23(14-18)35-16-34-22/h1-4,6-7,9,12,14-15,21,24,36H,5,8,10-11,13,16H2,(H2,28,30)(H,29,31)(H,32,33). The summed E-state index contributed by atoms with van der Waals surface area (Å²) in [6.45, 7) is 0.721. The number of nitrogens with one attached hydrogen (secondary N) is 1. The van der Waals surface area contributed by atoms with Crippen LogP contribution in [0.15, 0.2) is 60.8 Å². The maximum atomic E-state index is 12.7. The summed E-state index contributed by atoms with van der Waals surface area (Å²) in [6.07, 6.45) is 3.75. The maximum absolute atomic E-state index is 12.7. The van der Waals surface area contributed by atoms with Gasteiger partial charge >= 0.3 is 5.97 Å². The van der Waals surface area contributed by atoms with Crippen molar-refractivity contribution in [2.24, 2.45) is 5.92 Å². The van der Waals surface area contributed by atoms with Gasteiger partial charge in [-0.25, -0.2) is 4.98 Å². The molecule has 8 nitrogen and oxygen atoms in total. The van der Waals surface area contributed by atoms with Crippen molar-refractivity contribution in [2.45, 2.75) is 30.9 Å². The normalized spacial score (nSPS) is 13.7. The number of aryl methyl sites for hydroxylation is 1. The van der Waals surface area contributed by atoms with Gasteiger partial charge in [0.25, 0.3) is 5.91 Å². The summed E-state index contributed by atoms with van der Waals surface area (Å²) in [5, 5.41) is 12.3. The number of anilines is 1. The van der Waals surface area contributed by atoms with E-state index in [2.05, 4.69) is 22.9 Å². The molecule has 1 aliphatic heterocycles. The van der Waals surface area contributed by atoms with Gasteiger partial charge in [0, 0.05) is 23.6 Å². The summed E-state index contributed by atoms with van der Waals surface area (Å²) in [5.41, 5.74) is 8.99. The molecule has 188 valence electrons. The molecule has 4 rings (SSSR count). The van der Waals surface area contributed by atoms with Crippen molar-refractivity contribution in [3.05, 3.63) is 83.0 Å². The molecule has 4 N–H and O–H groups in total. The van der Waals surface area contributed by atoms with Crippen LogP contribution in [-0.4, -0.2) is 40.6 Å². The summed E-state index contributed by atoms with van der Waals surface area (Å²) >= 11 is 4.59. The Labute approximate surface area is 215 Å². The van der Waals surface area contributed by atoms with Crippen LogP contribution in [0.4, 0.5) is 5.82 Å². The summed E-state index contributed by atoms with van der Waals surface area (Å²) in [7, 11) is 0. The highest BCUT2D eigenvalue weighted by Gasteiger charge is 2.26. The quantitative estimate of drug-likeness (QED) is 0.293. The van der Waals surface area contributed by atoms with E-state index in [-0.39, 0.29) is 18.0 Å². The Morgan fingerprint density at radius 3 is 2.58 bits per heavy atom. The van der Waals surface area contributed by atoms with Crippen molar-refractivity contribution in [2.75, 3.05) is 19.1 Å². The monoisotopic (exact) mass is 507 g/mol. The first-order valence-electron chi connectivity index (χ1n) is 11.8. The Hall–Kier alpha value is -3.72. The predicted molar refractivity (Wildman–Crippen MR) is 140 cm³/mol. The van der Waals surface area contributed by atoms with Crippen molar-refractivity contribution in [1.82, 2.24) is 10.3 Å². The third-order valence-electron chi connectivity index (χ3n) is 6.14. The number of pyridine rings is 1. The van der Waals surface area contributed by atoms with E-state index in [9.17, 15) is 14.7 Å². The third kappa shape index (κ3) is 6.69. The van der Waals surface area contributed by atoms with Crippen LogP contribution in [0.25, 0.3) is 0 Å². The van der Waals surface area contributed by atoms with Crippen LogP contribution in [0, 0.1) is 5.92 Å². The van der Waals surface area contributed by atoms with Crippen molar-refractivity contribution in [1.29, 1.82) is 0 Å². The van der Waals surface area contributed by atoms with Gasteiger partial charge < -0.3 is 25.6 Å². The molecule has 0 aliphatic carbocycles. The first-order valence-corrected chi connectivity index (χ1v) is 12.3. The number of carboxylic acid groups (broad SMARTS) is 1. The molecular weight excluding hydrogens is 478 g/mol. The summed E-state index contributed by atoms with van der Waals surface area (Å²) in [6, 6.07) is 16.6. The zero-order valence-corrected chi connectivity index (χ0v) is 20.6. The van der Waals surface area contributed by atoms with Gasteiger partial charge in [0.15, 0.2) is 11.5 Å². The molecule has 2 atom stereocenters. The number of rotatable bonds is 11. The summed E-state index contributed by atoms with van der Waals surface area (Å²) in [4.78, 5) is 28.6. The number of fused-ring (bicyclic) bond motifs is 1. The molecule has 0 saturated carbocycles. The van der Waals surface area contributed by atoms with Crippen LogP contribution in [0.2, 0.25) is 0 Å². The number of aliphatic carboxylic acids is 1. The molecule has 0 saturated heterocycles. The molecule has 0 radical (unpaired) electrons. The van der Waals surface area contributed by atoms with Crippen molar-refractivity contribution in [3.63, 3.8) is 0 Å². The van der Waals surface area contributed by atoms with Gasteiger partial charge in [-0.15, -0.1) is 0 Å².